The van der Waals surface area contributed by atoms with E-state index in [0.717, 1.165) is 55.0 Å². The SMILES string of the molecule is c1ccc(-c2cc3ccc(-c4ccc5oc6ccc(-n7c8ccccc8c8c9ccccc9c9ccccc9c87)cc6c5c4)cc3c3ncccc23)cc1. The van der Waals surface area contributed by atoms with Gasteiger partial charge in [0.1, 0.15) is 11.2 Å². The van der Waals surface area contributed by atoms with Crippen molar-refractivity contribution in [3.8, 4) is 27.9 Å². The van der Waals surface area contributed by atoms with E-state index in [-0.39, 0.29) is 0 Å². The Morgan fingerprint density at radius 1 is 0.407 bits per heavy atom. The van der Waals surface area contributed by atoms with Crippen molar-refractivity contribution in [1.82, 2.24) is 9.55 Å². The van der Waals surface area contributed by atoms with Crippen LogP contribution in [0, 0.1) is 0 Å². The van der Waals surface area contributed by atoms with E-state index in [1.54, 1.807) is 0 Å². The molecule has 250 valence electrons. The van der Waals surface area contributed by atoms with Crippen LogP contribution in [0.25, 0.3) is 115 Å². The maximum Gasteiger partial charge on any atom is 0.135 e. The van der Waals surface area contributed by atoms with E-state index in [1.165, 1.54) is 59.9 Å². The highest BCUT2D eigenvalue weighted by Crippen LogP contribution is 2.43. The van der Waals surface area contributed by atoms with Gasteiger partial charge >= 0.3 is 0 Å². The summed E-state index contributed by atoms with van der Waals surface area (Å²) in [6, 6.07) is 63.5. The summed E-state index contributed by atoms with van der Waals surface area (Å²) in [5, 5.41) is 13.3. The fraction of sp³-hybridized carbons (Fsp3) is 0. The van der Waals surface area contributed by atoms with Gasteiger partial charge in [-0.3, -0.25) is 4.98 Å². The molecule has 9 aromatic carbocycles. The molecule has 3 heterocycles. The lowest BCUT2D eigenvalue weighted by Gasteiger charge is -2.12. The molecule has 0 saturated heterocycles. The molecule has 0 amide bonds. The third kappa shape index (κ3) is 4.15. The minimum Gasteiger partial charge on any atom is -0.456 e. The molecule has 12 aromatic rings. The normalized spacial score (nSPS) is 12.1. The second-order valence-electron chi connectivity index (χ2n) is 14.3. The second kappa shape index (κ2) is 11.1. The van der Waals surface area contributed by atoms with Gasteiger partial charge < -0.3 is 8.98 Å². The molecule has 0 spiro atoms. The quantitative estimate of drug-likeness (QED) is 0.173. The lowest BCUT2D eigenvalue weighted by molar-refractivity contribution is 0.669. The highest BCUT2D eigenvalue weighted by Gasteiger charge is 2.20. The van der Waals surface area contributed by atoms with Gasteiger partial charge in [-0.15, -0.1) is 0 Å². The van der Waals surface area contributed by atoms with Crippen LogP contribution in [-0.4, -0.2) is 9.55 Å². The summed E-state index contributed by atoms with van der Waals surface area (Å²) in [7, 11) is 0. The largest absolute Gasteiger partial charge is 0.456 e. The van der Waals surface area contributed by atoms with E-state index in [1.807, 2.05) is 12.3 Å². The number of nitrogens with zero attached hydrogens (tertiary/aromatic N) is 2. The van der Waals surface area contributed by atoms with Gasteiger partial charge in [-0.2, -0.15) is 0 Å². The third-order valence-corrected chi connectivity index (χ3v) is 11.4. The first-order valence-electron chi connectivity index (χ1n) is 18.5. The highest BCUT2D eigenvalue weighted by molar-refractivity contribution is 6.32. The van der Waals surface area contributed by atoms with Gasteiger partial charge in [0.15, 0.2) is 0 Å². The molecule has 0 bridgehead atoms. The maximum absolute atomic E-state index is 6.48. The molecule has 0 aliphatic rings. The smallest absolute Gasteiger partial charge is 0.135 e. The Balaban J connectivity index is 1.07. The number of fused-ring (bicyclic) bond motifs is 14. The van der Waals surface area contributed by atoms with Crippen LogP contribution in [0.3, 0.4) is 0 Å². The van der Waals surface area contributed by atoms with Crippen molar-refractivity contribution in [2.75, 3.05) is 0 Å². The fourth-order valence-corrected chi connectivity index (χ4v) is 8.97. The van der Waals surface area contributed by atoms with Crippen molar-refractivity contribution in [2.45, 2.75) is 0 Å². The Hall–Kier alpha value is -7.23. The van der Waals surface area contributed by atoms with Crippen LogP contribution >= 0.6 is 0 Å². The number of para-hydroxylation sites is 1. The minimum atomic E-state index is 0.879. The molecule has 0 N–H and O–H groups in total. The van der Waals surface area contributed by atoms with Crippen LogP contribution in [0.4, 0.5) is 0 Å². The van der Waals surface area contributed by atoms with E-state index in [9.17, 15) is 0 Å². The van der Waals surface area contributed by atoms with E-state index in [2.05, 4.69) is 174 Å². The summed E-state index contributed by atoms with van der Waals surface area (Å²) in [4.78, 5) is 4.91. The number of hydrogen-bond donors (Lipinski definition) is 0. The predicted octanol–water partition coefficient (Wildman–Crippen LogP) is 14.0. The predicted molar refractivity (Wildman–Crippen MR) is 227 cm³/mol. The van der Waals surface area contributed by atoms with Gasteiger partial charge in [-0.05, 0) is 98.4 Å². The molecular formula is C51H30N2O. The Labute approximate surface area is 309 Å². The minimum absolute atomic E-state index is 0.879. The van der Waals surface area contributed by atoms with Crippen molar-refractivity contribution in [3.63, 3.8) is 0 Å². The molecule has 3 nitrogen and oxygen atoms in total. The van der Waals surface area contributed by atoms with Crippen molar-refractivity contribution in [2.24, 2.45) is 0 Å². The maximum atomic E-state index is 6.48. The summed E-state index contributed by atoms with van der Waals surface area (Å²) in [6.45, 7) is 0. The highest BCUT2D eigenvalue weighted by atomic mass is 16.3. The monoisotopic (exact) mass is 686 g/mol. The molecule has 0 atom stereocenters. The lowest BCUT2D eigenvalue weighted by Crippen LogP contribution is -1.94. The summed E-state index contributed by atoms with van der Waals surface area (Å²) < 4.78 is 8.93. The molecule has 0 saturated carbocycles. The topological polar surface area (TPSA) is 31.0 Å². The van der Waals surface area contributed by atoms with Crippen LogP contribution in [0.1, 0.15) is 0 Å². The summed E-state index contributed by atoms with van der Waals surface area (Å²) in [5.74, 6) is 0. The molecule has 3 aromatic heterocycles. The number of furan rings is 1. The van der Waals surface area contributed by atoms with Gasteiger partial charge in [0, 0.05) is 49.6 Å². The summed E-state index contributed by atoms with van der Waals surface area (Å²) >= 11 is 0. The Kier molecular flexibility index (Phi) is 6.05. The van der Waals surface area contributed by atoms with Crippen LogP contribution in [0.5, 0.6) is 0 Å². The lowest BCUT2D eigenvalue weighted by atomic mass is 9.93. The van der Waals surface area contributed by atoms with Crippen molar-refractivity contribution in [3.05, 3.63) is 182 Å². The zero-order valence-electron chi connectivity index (χ0n) is 29.1. The zero-order chi connectivity index (χ0) is 35.3. The molecule has 3 heteroatoms. The molecule has 12 rings (SSSR count). The summed E-state index contributed by atoms with van der Waals surface area (Å²) in [5.41, 5.74) is 11.0. The van der Waals surface area contributed by atoms with Gasteiger partial charge in [0.05, 0.1) is 16.6 Å². The number of aromatic nitrogens is 2. The van der Waals surface area contributed by atoms with Gasteiger partial charge in [-0.1, -0.05) is 121 Å². The molecular weight excluding hydrogens is 657 g/mol. The van der Waals surface area contributed by atoms with E-state index >= 15 is 0 Å². The molecule has 0 fully saturated rings. The first-order valence-corrected chi connectivity index (χ1v) is 18.5. The fourth-order valence-electron chi connectivity index (χ4n) is 8.97. The second-order valence-corrected chi connectivity index (χ2v) is 14.3. The molecule has 0 unspecified atom stereocenters. The van der Waals surface area contributed by atoms with E-state index < -0.39 is 0 Å². The standard InChI is InChI=1S/C51H30N2O/c1-2-11-31(12-3-1)42-29-34-21-20-32(27-43(34)50-39(42)18-10-26-52-50)33-22-24-47-44(28-33)45-30-35(23-25-48(45)54-47)53-46-19-9-8-17-41(46)49-38-15-6-4-13-36(38)37-14-5-7-16-40(37)51(49)53/h1-30H. The van der Waals surface area contributed by atoms with Gasteiger partial charge in [0.25, 0.3) is 0 Å². The number of hydrogen-bond acceptors (Lipinski definition) is 2. The van der Waals surface area contributed by atoms with Crippen LogP contribution < -0.4 is 0 Å². The van der Waals surface area contributed by atoms with Crippen LogP contribution in [0.15, 0.2) is 187 Å². The first-order chi connectivity index (χ1) is 26.8. The van der Waals surface area contributed by atoms with Gasteiger partial charge in [0.2, 0.25) is 0 Å². The molecule has 0 aliphatic carbocycles. The Bertz CT molecular complexity index is 3500. The third-order valence-electron chi connectivity index (χ3n) is 11.4. The molecule has 0 radical (unpaired) electrons. The van der Waals surface area contributed by atoms with E-state index in [0.29, 0.717) is 0 Å². The zero-order valence-corrected chi connectivity index (χ0v) is 29.1. The number of benzene rings is 9. The Morgan fingerprint density at radius 2 is 1.04 bits per heavy atom. The van der Waals surface area contributed by atoms with Crippen LogP contribution in [-0.2, 0) is 0 Å². The van der Waals surface area contributed by atoms with E-state index in [4.69, 9.17) is 9.40 Å². The Morgan fingerprint density at radius 3 is 1.87 bits per heavy atom. The number of pyridine rings is 1. The average Bonchev–Trinajstić information content (AvgIpc) is 3.79. The average molecular weight is 687 g/mol. The van der Waals surface area contributed by atoms with Gasteiger partial charge in [-0.25, -0.2) is 0 Å². The van der Waals surface area contributed by atoms with Crippen molar-refractivity contribution in [1.29, 1.82) is 0 Å². The van der Waals surface area contributed by atoms with Crippen molar-refractivity contribution >= 4 is 87.0 Å². The number of rotatable bonds is 3. The molecule has 0 aliphatic heterocycles. The summed E-state index contributed by atoms with van der Waals surface area (Å²) in [6.07, 6.45) is 1.90. The van der Waals surface area contributed by atoms with Crippen molar-refractivity contribution < 1.29 is 4.42 Å². The molecule has 54 heavy (non-hydrogen) atoms. The van der Waals surface area contributed by atoms with Crippen LogP contribution in [0.2, 0.25) is 0 Å². The first kappa shape index (κ1) is 29.4.